The Hall–Kier alpha value is -1.75. The van der Waals surface area contributed by atoms with Gasteiger partial charge in [-0.2, -0.15) is 0 Å². The van der Waals surface area contributed by atoms with Crippen LogP contribution in [0.2, 0.25) is 0 Å². The van der Waals surface area contributed by atoms with E-state index in [4.69, 9.17) is 0 Å². The zero-order valence-corrected chi connectivity index (χ0v) is 15.7. The molecule has 1 N–H and O–H groups in total. The Morgan fingerprint density at radius 1 is 1.17 bits per heavy atom. The third-order valence-electron chi connectivity index (χ3n) is 4.73. The Labute approximate surface area is 147 Å². The zero-order valence-electron chi connectivity index (χ0n) is 15.7. The number of nitrogens with one attached hydrogen (secondary N) is 1. The van der Waals surface area contributed by atoms with Crippen molar-refractivity contribution >= 4 is 11.6 Å². The van der Waals surface area contributed by atoms with E-state index in [1.54, 1.807) is 0 Å². The molecule has 1 aliphatic rings. The van der Waals surface area contributed by atoms with Crippen LogP contribution in [0.25, 0.3) is 0 Å². The molecule has 0 aliphatic carbocycles. The molecule has 1 heterocycles. The summed E-state index contributed by atoms with van der Waals surface area (Å²) in [5.74, 6) is 1.03. The number of rotatable bonds is 6. The summed E-state index contributed by atoms with van der Waals surface area (Å²) in [7, 11) is 1.88. The first-order valence-electron chi connectivity index (χ1n) is 9.15. The van der Waals surface area contributed by atoms with Gasteiger partial charge in [-0.05, 0) is 32.5 Å². The molecule has 0 atom stereocenters. The minimum Gasteiger partial charge on any atom is -0.368 e. The first-order valence-corrected chi connectivity index (χ1v) is 9.15. The maximum Gasteiger partial charge on any atom is 0.193 e. The van der Waals surface area contributed by atoms with Crippen LogP contribution in [0.3, 0.4) is 0 Å². The molecule has 0 amide bonds. The van der Waals surface area contributed by atoms with E-state index < -0.39 is 0 Å². The van der Waals surface area contributed by atoms with Gasteiger partial charge in [0.15, 0.2) is 5.96 Å². The summed E-state index contributed by atoms with van der Waals surface area (Å²) in [6.07, 6.45) is 0. The highest BCUT2D eigenvalue weighted by Gasteiger charge is 2.19. The van der Waals surface area contributed by atoms with Gasteiger partial charge in [-0.1, -0.05) is 25.1 Å². The Morgan fingerprint density at radius 2 is 1.83 bits per heavy atom. The van der Waals surface area contributed by atoms with Crippen molar-refractivity contribution in [1.29, 1.82) is 0 Å². The predicted octanol–water partition coefficient (Wildman–Crippen LogP) is 2.11. The maximum atomic E-state index is 4.47. The lowest BCUT2D eigenvalue weighted by Crippen LogP contribution is -2.53. The van der Waals surface area contributed by atoms with Crippen molar-refractivity contribution in [1.82, 2.24) is 15.1 Å². The van der Waals surface area contributed by atoms with E-state index in [9.17, 15) is 0 Å². The second-order valence-electron chi connectivity index (χ2n) is 6.51. The molecule has 0 unspecified atom stereocenters. The Balaban J connectivity index is 1.79. The molecule has 5 nitrogen and oxygen atoms in total. The molecule has 134 valence electrons. The van der Waals surface area contributed by atoms with Crippen LogP contribution in [-0.2, 0) is 0 Å². The van der Waals surface area contributed by atoms with Crippen LogP contribution in [-0.4, -0.2) is 74.7 Å². The summed E-state index contributed by atoms with van der Waals surface area (Å²) < 4.78 is 0. The van der Waals surface area contributed by atoms with Crippen LogP contribution in [0.5, 0.6) is 0 Å². The Kier molecular flexibility index (Phi) is 7.37. The van der Waals surface area contributed by atoms with Crippen LogP contribution in [0, 0.1) is 0 Å². The number of likely N-dealkylation sites (N-methyl/N-ethyl adjacent to an activating group) is 1. The van der Waals surface area contributed by atoms with Crippen molar-refractivity contribution < 1.29 is 0 Å². The van der Waals surface area contributed by atoms with Gasteiger partial charge >= 0.3 is 0 Å². The molecular formula is C19H33N5. The average molecular weight is 332 g/mol. The molecular weight excluding hydrogens is 298 g/mol. The van der Waals surface area contributed by atoms with E-state index in [-0.39, 0.29) is 0 Å². The lowest BCUT2D eigenvalue weighted by molar-refractivity contribution is 0.236. The highest BCUT2D eigenvalue weighted by molar-refractivity contribution is 5.80. The number of guanidine groups is 1. The van der Waals surface area contributed by atoms with E-state index >= 15 is 0 Å². The van der Waals surface area contributed by atoms with Gasteiger partial charge in [0, 0.05) is 58.0 Å². The normalized spacial score (nSPS) is 16.2. The molecule has 1 aromatic rings. The predicted molar refractivity (Wildman–Crippen MR) is 104 cm³/mol. The third-order valence-corrected chi connectivity index (χ3v) is 4.73. The van der Waals surface area contributed by atoms with Crippen molar-refractivity contribution in [2.75, 3.05) is 57.8 Å². The van der Waals surface area contributed by atoms with Crippen LogP contribution in [0.1, 0.15) is 20.8 Å². The molecule has 1 saturated heterocycles. The van der Waals surface area contributed by atoms with Crippen molar-refractivity contribution in [3.63, 3.8) is 0 Å². The molecule has 1 aliphatic heterocycles. The smallest absolute Gasteiger partial charge is 0.193 e. The standard InChI is InChI=1S/C19H33N5/c1-5-22(17(2)3)12-11-21-19(20-4)24-15-13-23(14-16-24)18-9-7-6-8-10-18/h6-10,17H,5,11-16H2,1-4H3,(H,20,21). The zero-order chi connectivity index (χ0) is 17.4. The second-order valence-corrected chi connectivity index (χ2v) is 6.51. The van der Waals surface area contributed by atoms with Gasteiger partial charge in [-0.3, -0.25) is 9.89 Å². The summed E-state index contributed by atoms with van der Waals surface area (Å²) in [6, 6.07) is 11.3. The van der Waals surface area contributed by atoms with Crippen LogP contribution >= 0.6 is 0 Å². The number of benzene rings is 1. The average Bonchev–Trinajstić information content (AvgIpc) is 2.62. The molecule has 24 heavy (non-hydrogen) atoms. The first kappa shape index (κ1) is 18.6. The number of anilines is 1. The molecule has 1 aromatic carbocycles. The van der Waals surface area contributed by atoms with E-state index in [0.717, 1.165) is 51.8 Å². The fourth-order valence-corrected chi connectivity index (χ4v) is 3.24. The molecule has 5 heteroatoms. The molecule has 0 radical (unpaired) electrons. The Morgan fingerprint density at radius 3 is 2.38 bits per heavy atom. The van der Waals surface area contributed by atoms with E-state index in [0.29, 0.717) is 6.04 Å². The van der Waals surface area contributed by atoms with Crippen LogP contribution < -0.4 is 10.2 Å². The quantitative estimate of drug-likeness (QED) is 0.639. The van der Waals surface area contributed by atoms with Crippen molar-refractivity contribution in [3.8, 4) is 0 Å². The third kappa shape index (κ3) is 5.13. The van der Waals surface area contributed by atoms with Crippen molar-refractivity contribution in [3.05, 3.63) is 30.3 Å². The fourth-order valence-electron chi connectivity index (χ4n) is 3.24. The number of nitrogens with zero attached hydrogens (tertiary/aromatic N) is 4. The highest BCUT2D eigenvalue weighted by atomic mass is 15.3. The van der Waals surface area contributed by atoms with Crippen LogP contribution in [0.4, 0.5) is 5.69 Å². The van der Waals surface area contributed by atoms with Gasteiger partial charge < -0.3 is 15.1 Å². The van der Waals surface area contributed by atoms with E-state index in [1.807, 2.05) is 7.05 Å². The van der Waals surface area contributed by atoms with Crippen molar-refractivity contribution in [2.24, 2.45) is 4.99 Å². The number of para-hydroxylation sites is 1. The lowest BCUT2D eigenvalue weighted by atomic mass is 10.2. The van der Waals surface area contributed by atoms with E-state index in [1.165, 1.54) is 5.69 Å². The van der Waals surface area contributed by atoms with Gasteiger partial charge in [0.05, 0.1) is 0 Å². The Bertz CT molecular complexity index is 492. The fraction of sp³-hybridized carbons (Fsp3) is 0.632. The van der Waals surface area contributed by atoms with Gasteiger partial charge in [0.2, 0.25) is 0 Å². The molecule has 2 rings (SSSR count). The SMILES string of the molecule is CCN(CCNC(=NC)N1CCN(c2ccccc2)CC1)C(C)C. The minimum absolute atomic E-state index is 0.591. The van der Waals surface area contributed by atoms with E-state index in [2.05, 4.69) is 76.1 Å². The molecule has 0 aromatic heterocycles. The lowest BCUT2D eigenvalue weighted by Gasteiger charge is -2.38. The minimum atomic E-state index is 0.591. The summed E-state index contributed by atoms with van der Waals surface area (Å²) in [6.45, 7) is 13.9. The summed E-state index contributed by atoms with van der Waals surface area (Å²) in [4.78, 5) is 11.7. The summed E-state index contributed by atoms with van der Waals surface area (Å²) >= 11 is 0. The number of aliphatic imine (C=N–C) groups is 1. The first-order chi connectivity index (χ1) is 11.7. The number of piperazine rings is 1. The monoisotopic (exact) mass is 331 g/mol. The maximum absolute atomic E-state index is 4.47. The van der Waals surface area contributed by atoms with Crippen LogP contribution in [0.15, 0.2) is 35.3 Å². The van der Waals surface area contributed by atoms with Gasteiger partial charge in [-0.25, -0.2) is 0 Å². The molecule has 0 saturated carbocycles. The number of hydrogen-bond donors (Lipinski definition) is 1. The largest absolute Gasteiger partial charge is 0.368 e. The van der Waals surface area contributed by atoms with Gasteiger partial charge in [-0.15, -0.1) is 0 Å². The topological polar surface area (TPSA) is 34.1 Å². The summed E-state index contributed by atoms with van der Waals surface area (Å²) in [5.41, 5.74) is 1.32. The molecule has 0 bridgehead atoms. The molecule has 1 fully saturated rings. The highest BCUT2D eigenvalue weighted by Crippen LogP contribution is 2.15. The van der Waals surface area contributed by atoms with Gasteiger partial charge in [0.1, 0.15) is 0 Å². The second kappa shape index (κ2) is 9.52. The van der Waals surface area contributed by atoms with Crippen molar-refractivity contribution in [2.45, 2.75) is 26.8 Å². The van der Waals surface area contributed by atoms with Gasteiger partial charge in [0.25, 0.3) is 0 Å². The molecule has 0 spiro atoms. The number of hydrogen-bond acceptors (Lipinski definition) is 3. The summed E-state index contributed by atoms with van der Waals surface area (Å²) in [5, 5.41) is 3.53.